The summed E-state index contributed by atoms with van der Waals surface area (Å²) in [5, 5.41) is 12.9. The molecule has 0 saturated carbocycles. The van der Waals surface area contributed by atoms with Crippen LogP contribution in [-0.2, 0) is 7.05 Å². The van der Waals surface area contributed by atoms with Crippen molar-refractivity contribution in [2.45, 2.75) is 6.92 Å². The molecule has 0 bridgehead atoms. The summed E-state index contributed by atoms with van der Waals surface area (Å²) in [5.41, 5.74) is 1.01. The van der Waals surface area contributed by atoms with Gasteiger partial charge in [0.15, 0.2) is 11.5 Å². The topological polar surface area (TPSA) is 72.9 Å². The predicted octanol–water partition coefficient (Wildman–Crippen LogP) is 0.612. The second kappa shape index (κ2) is 3.23. The normalized spacial score (nSPS) is 10.5. The minimum absolute atomic E-state index is 0.0123. The third kappa shape index (κ3) is 1.61. The van der Waals surface area contributed by atoms with Gasteiger partial charge in [-0.3, -0.25) is 9.25 Å². The molecular weight excluding hydrogens is 196 g/mol. The van der Waals surface area contributed by atoms with Crippen molar-refractivity contribution in [2.24, 2.45) is 7.05 Å². The third-order valence-corrected chi connectivity index (χ3v) is 2.17. The van der Waals surface area contributed by atoms with Crippen LogP contribution in [-0.4, -0.2) is 30.4 Å². The summed E-state index contributed by atoms with van der Waals surface area (Å²) >= 11 is 0. The SMILES string of the molecule is Cc1cc(-n2cnc(C(=O)O)c2)nn1C. The summed E-state index contributed by atoms with van der Waals surface area (Å²) in [5.74, 6) is -0.378. The number of carbonyl (C=O) groups is 1. The summed E-state index contributed by atoms with van der Waals surface area (Å²) in [6.07, 6.45) is 2.87. The van der Waals surface area contributed by atoms with Gasteiger partial charge in [-0.05, 0) is 6.92 Å². The molecule has 2 heterocycles. The van der Waals surface area contributed by atoms with E-state index >= 15 is 0 Å². The lowest BCUT2D eigenvalue weighted by Crippen LogP contribution is -1.97. The maximum Gasteiger partial charge on any atom is 0.356 e. The van der Waals surface area contributed by atoms with Gasteiger partial charge in [0.1, 0.15) is 6.33 Å². The zero-order chi connectivity index (χ0) is 11.0. The standard InChI is InChI=1S/C9H10N4O2/c1-6-3-8(11-12(6)2)13-4-7(9(14)15)10-5-13/h3-5H,1-2H3,(H,14,15). The molecule has 2 aromatic heterocycles. The number of aromatic carboxylic acids is 1. The Morgan fingerprint density at radius 1 is 1.53 bits per heavy atom. The van der Waals surface area contributed by atoms with Crippen LogP contribution in [0.2, 0.25) is 0 Å². The number of aromatic nitrogens is 4. The molecule has 1 N–H and O–H groups in total. The predicted molar refractivity (Wildman–Crippen MR) is 52.0 cm³/mol. The number of rotatable bonds is 2. The van der Waals surface area contributed by atoms with Gasteiger partial charge in [-0.25, -0.2) is 9.78 Å². The van der Waals surface area contributed by atoms with Gasteiger partial charge < -0.3 is 5.11 Å². The van der Waals surface area contributed by atoms with Crippen LogP contribution in [0.3, 0.4) is 0 Å². The molecule has 0 aliphatic carbocycles. The highest BCUT2D eigenvalue weighted by atomic mass is 16.4. The zero-order valence-electron chi connectivity index (χ0n) is 8.38. The molecule has 78 valence electrons. The summed E-state index contributed by atoms with van der Waals surface area (Å²) in [7, 11) is 1.83. The van der Waals surface area contributed by atoms with E-state index in [1.165, 1.54) is 12.5 Å². The fourth-order valence-electron chi connectivity index (χ4n) is 1.23. The molecule has 6 nitrogen and oxygen atoms in total. The molecule has 0 atom stereocenters. The Hall–Kier alpha value is -2.11. The summed E-state index contributed by atoms with van der Waals surface area (Å²) < 4.78 is 3.30. The van der Waals surface area contributed by atoms with E-state index in [1.807, 2.05) is 20.0 Å². The molecule has 0 spiro atoms. The van der Waals surface area contributed by atoms with Crippen molar-refractivity contribution in [1.82, 2.24) is 19.3 Å². The molecule has 15 heavy (non-hydrogen) atoms. The van der Waals surface area contributed by atoms with Gasteiger partial charge in [0.25, 0.3) is 0 Å². The number of nitrogens with zero attached hydrogens (tertiary/aromatic N) is 4. The Kier molecular flexibility index (Phi) is 2.03. The first-order valence-electron chi connectivity index (χ1n) is 4.36. The van der Waals surface area contributed by atoms with E-state index in [2.05, 4.69) is 10.1 Å². The maximum absolute atomic E-state index is 10.6. The van der Waals surface area contributed by atoms with Gasteiger partial charge >= 0.3 is 5.97 Å². The highest BCUT2D eigenvalue weighted by Crippen LogP contribution is 2.08. The van der Waals surface area contributed by atoms with E-state index in [4.69, 9.17) is 5.11 Å². The third-order valence-electron chi connectivity index (χ3n) is 2.17. The summed E-state index contributed by atoms with van der Waals surface area (Å²) in [6.45, 7) is 1.92. The van der Waals surface area contributed by atoms with Gasteiger partial charge in [0.05, 0.1) is 0 Å². The Morgan fingerprint density at radius 2 is 2.27 bits per heavy atom. The molecule has 0 saturated heterocycles. The first-order valence-corrected chi connectivity index (χ1v) is 4.36. The van der Waals surface area contributed by atoms with Crippen molar-refractivity contribution in [1.29, 1.82) is 0 Å². The minimum Gasteiger partial charge on any atom is -0.476 e. The second-order valence-corrected chi connectivity index (χ2v) is 3.24. The number of carboxylic acids is 1. The minimum atomic E-state index is -1.04. The highest BCUT2D eigenvalue weighted by molar-refractivity contribution is 5.85. The monoisotopic (exact) mass is 206 g/mol. The molecule has 0 aromatic carbocycles. The average Bonchev–Trinajstić information content (AvgIpc) is 2.74. The lowest BCUT2D eigenvalue weighted by Gasteiger charge is -1.93. The van der Waals surface area contributed by atoms with E-state index < -0.39 is 5.97 Å². The highest BCUT2D eigenvalue weighted by Gasteiger charge is 2.09. The molecule has 2 aromatic rings. The second-order valence-electron chi connectivity index (χ2n) is 3.24. The molecular formula is C9H10N4O2. The van der Waals surface area contributed by atoms with E-state index in [0.29, 0.717) is 5.82 Å². The van der Waals surface area contributed by atoms with Crippen LogP contribution in [0.15, 0.2) is 18.6 Å². The fraction of sp³-hybridized carbons (Fsp3) is 0.222. The van der Waals surface area contributed by atoms with Crippen molar-refractivity contribution in [3.8, 4) is 5.82 Å². The van der Waals surface area contributed by atoms with Crippen molar-refractivity contribution in [3.05, 3.63) is 30.0 Å². The van der Waals surface area contributed by atoms with Crippen LogP contribution in [0.5, 0.6) is 0 Å². The average molecular weight is 206 g/mol. The van der Waals surface area contributed by atoms with Gasteiger partial charge in [-0.1, -0.05) is 0 Å². The first-order chi connectivity index (χ1) is 7.08. The molecule has 6 heteroatoms. The van der Waals surface area contributed by atoms with Gasteiger partial charge in [-0.15, -0.1) is 0 Å². The number of carboxylic acid groups (broad SMARTS) is 1. The fourth-order valence-corrected chi connectivity index (χ4v) is 1.23. The Labute approximate surface area is 85.8 Å². The van der Waals surface area contributed by atoms with Crippen LogP contribution in [0.25, 0.3) is 5.82 Å². The summed E-state index contributed by atoms with van der Waals surface area (Å²) in [4.78, 5) is 14.4. The summed E-state index contributed by atoms with van der Waals surface area (Å²) in [6, 6.07) is 1.85. The van der Waals surface area contributed by atoms with Gasteiger partial charge in [-0.2, -0.15) is 5.10 Å². The van der Waals surface area contributed by atoms with Crippen LogP contribution in [0, 0.1) is 6.92 Å². The quantitative estimate of drug-likeness (QED) is 0.781. The Bertz CT molecular complexity index is 492. The molecule has 0 fully saturated rings. The number of aryl methyl sites for hydroxylation is 2. The van der Waals surface area contributed by atoms with E-state index in [9.17, 15) is 4.79 Å². The van der Waals surface area contributed by atoms with E-state index in [0.717, 1.165) is 5.69 Å². The molecule has 0 radical (unpaired) electrons. The van der Waals surface area contributed by atoms with Gasteiger partial charge in [0.2, 0.25) is 0 Å². The smallest absolute Gasteiger partial charge is 0.356 e. The van der Waals surface area contributed by atoms with Crippen molar-refractivity contribution in [3.63, 3.8) is 0 Å². The lowest BCUT2D eigenvalue weighted by atomic mass is 10.4. The van der Waals surface area contributed by atoms with Crippen molar-refractivity contribution in [2.75, 3.05) is 0 Å². The number of hydrogen-bond acceptors (Lipinski definition) is 3. The molecule has 0 aliphatic heterocycles. The molecule has 2 rings (SSSR count). The van der Waals surface area contributed by atoms with E-state index in [-0.39, 0.29) is 5.69 Å². The van der Waals surface area contributed by atoms with Crippen molar-refractivity contribution >= 4 is 5.97 Å². The number of hydrogen-bond donors (Lipinski definition) is 1. The zero-order valence-corrected chi connectivity index (χ0v) is 8.38. The van der Waals surface area contributed by atoms with Crippen LogP contribution >= 0.6 is 0 Å². The Balaban J connectivity index is 2.41. The largest absolute Gasteiger partial charge is 0.476 e. The maximum atomic E-state index is 10.6. The Morgan fingerprint density at radius 3 is 2.73 bits per heavy atom. The van der Waals surface area contributed by atoms with Crippen LogP contribution < -0.4 is 0 Å². The molecule has 0 unspecified atom stereocenters. The van der Waals surface area contributed by atoms with Gasteiger partial charge in [0, 0.05) is 25.0 Å². The molecule has 0 amide bonds. The van der Waals surface area contributed by atoms with Crippen LogP contribution in [0.1, 0.15) is 16.2 Å². The number of imidazole rings is 1. The molecule has 0 aliphatic rings. The first kappa shape index (κ1) is 9.45. The van der Waals surface area contributed by atoms with Crippen LogP contribution in [0.4, 0.5) is 0 Å². The van der Waals surface area contributed by atoms with Crippen molar-refractivity contribution < 1.29 is 9.90 Å². The van der Waals surface area contributed by atoms with E-state index in [1.54, 1.807) is 9.25 Å². The lowest BCUT2D eigenvalue weighted by molar-refractivity contribution is 0.0691.